The molecule has 5 nitrogen and oxygen atoms in total. The lowest BCUT2D eigenvalue weighted by Gasteiger charge is -2.01. The standard InChI is InChI=1S/C6H9O5/c1-9-2-3-11-6(8)4-10-5-7/h2-4H2,1H3. The van der Waals surface area contributed by atoms with Crippen LogP contribution in [0.4, 0.5) is 0 Å². The molecule has 11 heavy (non-hydrogen) atoms. The second-order valence-corrected chi connectivity index (χ2v) is 1.59. The summed E-state index contributed by atoms with van der Waals surface area (Å²) in [5.74, 6) is -0.606. The second kappa shape index (κ2) is 7.01. The summed E-state index contributed by atoms with van der Waals surface area (Å²) >= 11 is 0. The Morgan fingerprint density at radius 2 is 2.18 bits per heavy atom. The summed E-state index contributed by atoms with van der Waals surface area (Å²) < 4.78 is 13.1. The fourth-order valence-electron chi connectivity index (χ4n) is 0.369. The molecule has 0 aromatic carbocycles. The van der Waals surface area contributed by atoms with E-state index in [2.05, 4.69) is 14.2 Å². The predicted octanol–water partition coefficient (Wildman–Crippen LogP) is -0.740. The first-order chi connectivity index (χ1) is 5.31. The van der Waals surface area contributed by atoms with E-state index >= 15 is 0 Å². The van der Waals surface area contributed by atoms with E-state index in [-0.39, 0.29) is 6.61 Å². The van der Waals surface area contributed by atoms with Gasteiger partial charge in [-0.05, 0) is 0 Å². The molecule has 0 aliphatic carbocycles. The molecule has 0 bridgehead atoms. The third-order valence-corrected chi connectivity index (χ3v) is 0.799. The molecule has 0 fully saturated rings. The van der Waals surface area contributed by atoms with Crippen molar-refractivity contribution in [2.75, 3.05) is 26.9 Å². The quantitative estimate of drug-likeness (QED) is 0.379. The molecule has 0 heterocycles. The molecule has 0 saturated heterocycles. The van der Waals surface area contributed by atoms with Gasteiger partial charge in [-0.2, -0.15) is 0 Å². The minimum absolute atomic E-state index is 0.164. The lowest BCUT2D eigenvalue weighted by Crippen LogP contribution is -2.14. The van der Waals surface area contributed by atoms with Crippen molar-refractivity contribution in [2.45, 2.75) is 0 Å². The molecule has 0 saturated carbocycles. The van der Waals surface area contributed by atoms with E-state index in [9.17, 15) is 9.59 Å². The molecular weight excluding hydrogens is 152 g/mol. The normalized spacial score (nSPS) is 8.82. The summed E-state index contributed by atoms with van der Waals surface area (Å²) in [7, 11) is 1.49. The van der Waals surface area contributed by atoms with Crippen LogP contribution in [0.15, 0.2) is 0 Å². The van der Waals surface area contributed by atoms with E-state index < -0.39 is 12.6 Å². The Morgan fingerprint density at radius 1 is 1.45 bits per heavy atom. The van der Waals surface area contributed by atoms with Crippen LogP contribution in [-0.4, -0.2) is 39.4 Å². The maximum Gasteiger partial charge on any atom is 0.418 e. The highest BCUT2D eigenvalue weighted by Crippen LogP contribution is 1.79. The van der Waals surface area contributed by atoms with Gasteiger partial charge in [0.1, 0.15) is 6.61 Å². The zero-order chi connectivity index (χ0) is 8.53. The summed E-state index contributed by atoms with van der Waals surface area (Å²) in [6, 6.07) is 0. The van der Waals surface area contributed by atoms with Crippen LogP contribution in [0.1, 0.15) is 0 Å². The van der Waals surface area contributed by atoms with Crippen molar-refractivity contribution in [1.82, 2.24) is 0 Å². The Labute approximate surface area is 64.2 Å². The van der Waals surface area contributed by atoms with Crippen molar-refractivity contribution < 1.29 is 23.8 Å². The average molecular weight is 161 g/mol. The lowest BCUT2D eigenvalue weighted by atomic mass is 10.7. The van der Waals surface area contributed by atoms with Gasteiger partial charge < -0.3 is 14.2 Å². The average Bonchev–Trinajstić information content (AvgIpc) is 2.01. The number of carbonyl (C=O) groups excluding carboxylic acids is 2. The number of methoxy groups -OCH3 is 1. The second-order valence-electron chi connectivity index (χ2n) is 1.59. The molecule has 0 aromatic heterocycles. The zero-order valence-corrected chi connectivity index (χ0v) is 6.16. The monoisotopic (exact) mass is 161 g/mol. The van der Waals surface area contributed by atoms with Gasteiger partial charge in [0.2, 0.25) is 0 Å². The Balaban J connectivity index is 3.15. The summed E-state index contributed by atoms with van der Waals surface area (Å²) in [4.78, 5) is 20.0. The fraction of sp³-hybridized carbons (Fsp3) is 0.667. The highest BCUT2D eigenvalue weighted by molar-refractivity contribution is 5.71. The zero-order valence-electron chi connectivity index (χ0n) is 6.16. The molecular formula is C6H9O5. The Morgan fingerprint density at radius 3 is 2.73 bits per heavy atom. The van der Waals surface area contributed by atoms with Crippen molar-refractivity contribution in [3.05, 3.63) is 0 Å². The molecule has 0 N–H and O–H groups in total. The molecule has 0 rings (SSSR count). The van der Waals surface area contributed by atoms with Gasteiger partial charge in [0.25, 0.3) is 0 Å². The van der Waals surface area contributed by atoms with Crippen LogP contribution < -0.4 is 0 Å². The highest BCUT2D eigenvalue weighted by atomic mass is 16.6. The number of ether oxygens (including phenoxy) is 3. The molecule has 63 valence electrons. The number of rotatable bonds is 6. The molecule has 0 unspecified atom stereocenters. The van der Waals surface area contributed by atoms with Crippen LogP contribution in [-0.2, 0) is 23.8 Å². The fourth-order valence-corrected chi connectivity index (χ4v) is 0.369. The first-order valence-corrected chi connectivity index (χ1v) is 2.94. The van der Waals surface area contributed by atoms with E-state index in [1.165, 1.54) is 7.11 Å². The van der Waals surface area contributed by atoms with Gasteiger partial charge in [0, 0.05) is 7.11 Å². The van der Waals surface area contributed by atoms with Gasteiger partial charge in [0.15, 0.2) is 6.61 Å². The van der Waals surface area contributed by atoms with Gasteiger partial charge in [-0.15, -0.1) is 0 Å². The molecule has 0 amide bonds. The minimum atomic E-state index is -0.606. The maximum absolute atomic E-state index is 10.5. The smallest absolute Gasteiger partial charge is 0.418 e. The summed E-state index contributed by atoms with van der Waals surface area (Å²) in [5.41, 5.74) is 0. The predicted molar refractivity (Wildman–Crippen MR) is 34.5 cm³/mol. The van der Waals surface area contributed by atoms with Gasteiger partial charge in [-0.25, -0.2) is 9.59 Å². The molecule has 0 aromatic rings. The lowest BCUT2D eigenvalue weighted by molar-refractivity contribution is -0.147. The summed E-state index contributed by atoms with van der Waals surface area (Å²) in [6.07, 6.45) is 0. The van der Waals surface area contributed by atoms with Gasteiger partial charge in [0.05, 0.1) is 6.61 Å². The number of hydrogen-bond donors (Lipinski definition) is 0. The van der Waals surface area contributed by atoms with Crippen molar-refractivity contribution in [1.29, 1.82) is 0 Å². The van der Waals surface area contributed by atoms with Crippen molar-refractivity contribution >= 4 is 12.4 Å². The van der Waals surface area contributed by atoms with Gasteiger partial charge >= 0.3 is 12.4 Å². The van der Waals surface area contributed by atoms with Crippen LogP contribution in [0, 0.1) is 0 Å². The van der Waals surface area contributed by atoms with Crippen LogP contribution in [0.25, 0.3) is 0 Å². The highest BCUT2D eigenvalue weighted by Gasteiger charge is 2.01. The molecule has 1 radical (unpaired) electrons. The first kappa shape index (κ1) is 9.90. The van der Waals surface area contributed by atoms with E-state index in [1.807, 2.05) is 0 Å². The first-order valence-electron chi connectivity index (χ1n) is 2.94. The van der Waals surface area contributed by atoms with E-state index in [0.717, 1.165) is 6.47 Å². The van der Waals surface area contributed by atoms with E-state index in [0.29, 0.717) is 6.61 Å². The van der Waals surface area contributed by atoms with Crippen molar-refractivity contribution in [3.63, 3.8) is 0 Å². The molecule has 5 heteroatoms. The largest absolute Gasteiger partial charge is 0.461 e. The third kappa shape index (κ3) is 6.79. The van der Waals surface area contributed by atoms with Crippen LogP contribution >= 0.6 is 0 Å². The molecule has 0 aliphatic rings. The van der Waals surface area contributed by atoms with Crippen molar-refractivity contribution in [2.24, 2.45) is 0 Å². The Hall–Kier alpha value is -1.10. The third-order valence-electron chi connectivity index (χ3n) is 0.799. The maximum atomic E-state index is 10.5. The topological polar surface area (TPSA) is 61.8 Å². The number of esters is 1. The summed E-state index contributed by atoms with van der Waals surface area (Å²) in [5, 5.41) is 0. The molecule has 0 atom stereocenters. The number of carbonyl (C=O) groups is 1. The summed E-state index contributed by atoms with van der Waals surface area (Å²) in [6.45, 7) is 1.21. The Kier molecular flexibility index (Phi) is 6.31. The Bertz CT molecular complexity index is 122. The van der Waals surface area contributed by atoms with E-state index in [4.69, 9.17) is 0 Å². The SMILES string of the molecule is COCCOC(=O)CO[C]=O. The van der Waals surface area contributed by atoms with Gasteiger partial charge in [-0.3, -0.25) is 0 Å². The van der Waals surface area contributed by atoms with Crippen LogP contribution in [0.3, 0.4) is 0 Å². The van der Waals surface area contributed by atoms with E-state index in [1.54, 1.807) is 0 Å². The molecule has 0 aliphatic heterocycles. The van der Waals surface area contributed by atoms with Crippen molar-refractivity contribution in [3.8, 4) is 0 Å². The number of hydrogen-bond acceptors (Lipinski definition) is 5. The van der Waals surface area contributed by atoms with Gasteiger partial charge in [-0.1, -0.05) is 0 Å². The minimum Gasteiger partial charge on any atom is -0.461 e. The van der Waals surface area contributed by atoms with Crippen LogP contribution in [0.2, 0.25) is 0 Å². The van der Waals surface area contributed by atoms with Crippen LogP contribution in [0.5, 0.6) is 0 Å². The molecule has 0 spiro atoms.